The lowest BCUT2D eigenvalue weighted by molar-refractivity contribution is 0.124. The summed E-state index contributed by atoms with van der Waals surface area (Å²) in [5.41, 5.74) is 0.774. The van der Waals surface area contributed by atoms with Gasteiger partial charge in [-0.1, -0.05) is 18.2 Å². The standard InChI is InChI=1S/C11H14N2O2/c1-12-8-5-9-15-13(11(12)14)10-6-3-2-4-7-10/h2-4,6-7H,5,8-9H2,1H3. The van der Waals surface area contributed by atoms with Gasteiger partial charge in [-0.25, -0.2) is 4.79 Å². The molecule has 1 aliphatic heterocycles. The van der Waals surface area contributed by atoms with Gasteiger partial charge in [0.15, 0.2) is 0 Å². The zero-order chi connectivity index (χ0) is 10.7. The summed E-state index contributed by atoms with van der Waals surface area (Å²) in [6, 6.07) is 9.29. The van der Waals surface area contributed by atoms with E-state index in [2.05, 4.69) is 0 Å². The molecule has 1 aliphatic rings. The molecule has 0 unspecified atom stereocenters. The van der Waals surface area contributed by atoms with Gasteiger partial charge in [0.1, 0.15) is 0 Å². The van der Waals surface area contributed by atoms with Gasteiger partial charge in [-0.15, -0.1) is 0 Å². The fourth-order valence-corrected chi connectivity index (χ4v) is 1.51. The van der Waals surface area contributed by atoms with Crippen LogP contribution in [0.2, 0.25) is 0 Å². The van der Waals surface area contributed by atoms with Gasteiger partial charge >= 0.3 is 6.03 Å². The molecule has 0 saturated carbocycles. The lowest BCUT2D eigenvalue weighted by Crippen LogP contribution is -2.38. The minimum Gasteiger partial charge on any atom is -0.326 e. The third kappa shape index (κ3) is 2.10. The number of benzene rings is 1. The number of hydrogen-bond acceptors (Lipinski definition) is 2. The first kappa shape index (κ1) is 9.98. The number of hydroxylamine groups is 1. The molecule has 4 nitrogen and oxygen atoms in total. The first-order valence-electron chi connectivity index (χ1n) is 5.02. The summed E-state index contributed by atoms with van der Waals surface area (Å²) in [6.45, 7) is 1.31. The van der Waals surface area contributed by atoms with Crippen molar-refractivity contribution in [3.05, 3.63) is 30.3 Å². The van der Waals surface area contributed by atoms with Crippen molar-refractivity contribution in [3.63, 3.8) is 0 Å². The minimum absolute atomic E-state index is 0.112. The number of hydrogen-bond donors (Lipinski definition) is 0. The van der Waals surface area contributed by atoms with Gasteiger partial charge in [0, 0.05) is 13.6 Å². The minimum atomic E-state index is -0.112. The number of urea groups is 1. The van der Waals surface area contributed by atoms with Crippen LogP contribution in [0.3, 0.4) is 0 Å². The monoisotopic (exact) mass is 206 g/mol. The smallest absolute Gasteiger partial charge is 0.326 e. The number of nitrogens with zero attached hydrogens (tertiary/aromatic N) is 2. The molecular formula is C11H14N2O2. The van der Waals surface area contributed by atoms with Gasteiger partial charge < -0.3 is 4.90 Å². The van der Waals surface area contributed by atoms with E-state index in [1.165, 1.54) is 5.06 Å². The fourth-order valence-electron chi connectivity index (χ4n) is 1.51. The van der Waals surface area contributed by atoms with Gasteiger partial charge in [0.2, 0.25) is 0 Å². The molecular weight excluding hydrogens is 192 g/mol. The van der Waals surface area contributed by atoms with Gasteiger partial charge in [-0.2, -0.15) is 5.06 Å². The summed E-state index contributed by atoms with van der Waals surface area (Å²) in [4.78, 5) is 19.0. The Balaban J connectivity index is 2.23. The van der Waals surface area contributed by atoms with Gasteiger partial charge in [-0.05, 0) is 18.6 Å². The topological polar surface area (TPSA) is 32.8 Å². The lowest BCUT2D eigenvalue weighted by atomic mass is 10.3. The normalized spacial score (nSPS) is 17.8. The average molecular weight is 206 g/mol. The van der Waals surface area contributed by atoms with Crippen molar-refractivity contribution >= 4 is 11.7 Å². The van der Waals surface area contributed by atoms with Gasteiger partial charge in [0.25, 0.3) is 0 Å². The van der Waals surface area contributed by atoms with Crippen LogP contribution in [0, 0.1) is 0 Å². The summed E-state index contributed by atoms with van der Waals surface area (Å²) in [7, 11) is 1.78. The molecule has 1 fully saturated rings. The first-order chi connectivity index (χ1) is 7.29. The van der Waals surface area contributed by atoms with Crippen LogP contribution in [0.15, 0.2) is 30.3 Å². The molecule has 4 heteroatoms. The Morgan fingerprint density at radius 3 is 2.73 bits per heavy atom. The van der Waals surface area contributed by atoms with Crippen LogP contribution in [0.4, 0.5) is 10.5 Å². The van der Waals surface area contributed by atoms with Crippen LogP contribution in [0.5, 0.6) is 0 Å². The zero-order valence-corrected chi connectivity index (χ0v) is 8.72. The van der Waals surface area contributed by atoms with E-state index in [1.807, 2.05) is 30.3 Å². The molecule has 2 rings (SSSR count). The van der Waals surface area contributed by atoms with Crippen molar-refractivity contribution < 1.29 is 9.63 Å². The van der Waals surface area contributed by atoms with Crippen LogP contribution >= 0.6 is 0 Å². The predicted octanol–water partition coefficient (Wildman–Crippen LogP) is 1.88. The van der Waals surface area contributed by atoms with Crippen LogP contribution in [-0.4, -0.2) is 31.1 Å². The van der Waals surface area contributed by atoms with E-state index in [9.17, 15) is 4.79 Å². The maximum Gasteiger partial charge on any atom is 0.348 e. The van der Waals surface area contributed by atoms with E-state index < -0.39 is 0 Å². The Bertz CT molecular complexity index is 340. The molecule has 0 aromatic heterocycles. The Labute approximate surface area is 89.0 Å². The molecule has 80 valence electrons. The highest BCUT2D eigenvalue weighted by atomic mass is 16.7. The van der Waals surface area contributed by atoms with E-state index in [4.69, 9.17) is 4.84 Å². The largest absolute Gasteiger partial charge is 0.348 e. The highest BCUT2D eigenvalue weighted by Gasteiger charge is 2.23. The summed E-state index contributed by atoms with van der Waals surface area (Å²) in [5.74, 6) is 0. The Morgan fingerprint density at radius 1 is 1.27 bits per heavy atom. The average Bonchev–Trinajstić information content (AvgIpc) is 2.44. The van der Waals surface area contributed by atoms with Crippen LogP contribution in [-0.2, 0) is 4.84 Å². The number of amides is 2. The van der Waals surface area contributed by atoms with Crippen molar-refractivity contribution in [2.24, 2.45) is 0 Å². The van der Waals surface area contributed by atoms with E-state index in [0.717, 1.165) is 18.7 Å². The molecule has 1 aromatic rings. The number of para-hydroxylation sites is 1. The highest BCUT2D eigenvalue weighted by Crippen LogP contribution is 2.17. The zero-order valence-electron chi connectivity index (χ0n) is 8.72. The molecule has 1 heterocycles. The maximum atomic E-state index is 11.9. The number of anilines is 1. The van der Waals surface area contributed by atoms with E-state index >= 15 is 0 Å². The SMILES string of the molecule is CN1CCCON(c2ccccc2)C1=O. The summed E-state index contributed by atoms with van der Waals surface area (Å²) < 4.78 is 0. The van der Waals surface area contributed by atoms with E-state index in [1.54, 1.807) is 11.9 Å². The van der Waals surface area contributed by atoms with E-state index in [-0.39, 0.29) is 6.03 Å². The van der Waals surface area contributed by atoms with Crippen LogP contribution in [0.25, 0.3) is 0 Å². The second kappa shape index (κ2) is 4.31. The molecule has 1 saturated heterocycles. The summed E-state index contributed by atoms with van der Waals surface area (Å²) in [6.07, 6.45) is 0.867. The Hall–Kier alpha value is -1.55. The Morgan fingerprint density at radius 2 is 2.00 bits per heavy atom. The first-order valence-corrected chi connectivity index (χ1v) is 5.02. The maximum absolute atomic E-state index is 11.9. The van der Waals surface area contributed by atoms with Gasteiger partial charge in [0.05, 0.1) is 12.3 Å². The molecule has 0 atom stereocenters. The van der Waals surface area contributed by atoms with Crippen molar-refractivity contribution in [2.45, 2.75) is 6.42 Å². The van der Waals surface area contributed by atoms with Crippen LogP contribution < -0.4 is 5.06 Å². The second-order valence-corrected chi connectivity index (χ2v) is 3.52. The number of rotatable bonds is 1. The third-order valence-corrected chi connectivity index (χ3v) is 2.35. The van der Waals surface area contributed by atoms with Crippen molar-refractivity contribution in [1.29, 1.82) is 0 Å². The highest BCUT2D eigenvalue weighted by molar-refractivity contribution is 5.89. The lowest BCUT2D eigenvalue weighted by Gasteiger charge is -2.23. The number of carbonyl (C=O) groups excluding carboxylic acids is 1. The fraction of sp³-hybridized carbons (Fsp3) is 0.364. The molecule has 0 bridgehead atoms. The van der Waals surface area contributed by atoms with E-state index in [0.29, 0.717) is 6.61 Å². The third-order valence-electron chi connectivity index (χ3n) is 2.35. The Kier molecular flexibility index (Phi) is 2.87. The van der Waals surface area contributed by atoms with Crippen LogP contribution in [0.1, 0.15) is 6.42 Å². The second-order valence-electron chi connectivity index (χ2n) is 3.52. The van der Waals surface area contributed by atoms with Crippen molar-refractivity contribution in [3.8, 4) is 0 Å². The van der Waals surface area contributed by atoms with Crippen molar-refractivity contribution in [1.82, 2.24) is 4.90 Å². The summed E-state index contributed by atoms with van der Waals surface area (Å²) in [5, 5.41) is 1.35. The molecule has 0 radical (unpaired) electrons. The summed E-state index contributed by atoms with van der Waals surface area (Å²) >= 11 is 0. The number of carbonyl (C=O) groups is 1. The molecule has 0 N–H and O–H groups in total. The molecule has 15 heavy (non-hydrogen) atoms. The van der Waals surface area contributed by atoms with Gasteiger partial charge in [-0.3, -0.25) is 4.84 Å². The quantitative estimate of drug-likeness (QED) is 0.702. The predicted molar refractivity (Wildman–Crippen MR) is 57.5 cm³/mol. The van der Waals surface area contributed by atoms with Crippen molar-refractivity contribution in [2.75, 3.05) is 25.3 Å². The molecule has 0 aliphatic carbocycles. The molecule has 1 aromatic carbocycles. The molecule has 2 amide bonds. The molecule has 0 spiro atoms.